The van der Waals surface area contributed by atoms with Crippen LogP contribution in [0.2, 0.25) is 15.1 Å². The number of carbonyl (C=O) groups excluding carboxylic acids is 7. The molecular formula is C63H82Cl4F3K2N11O11. The molecule has 7 aromatic rings. The van der Waals surface area contributed by atoms with Crippen molar-refractivity contribution >= 4 is 116 Å². The molecule has 0 radical (unpaired) electrons. The maximum atomic E-state index is 14.1. The van der Waals surface area contributed by atoms with E-state index < -0.39 is 41.1 Å². The molecule has 94 heavy (non-hydrogen) atoms. The van der Waals surface area contributed by atoms with Crippen molar-refractivity contribution < 1.29 is 171 Å². The number of primary amides is 2. The number of alkyl halides is 1. The van der Waals surface area contributed by atoms with E-state index in [1.165, 1.54) is 38.5 Å². The number of ketones is 1. The van der Waals surface area contributed by atoms with E-state index >= 15 is 0 Å². The molecule has 22 nitrogen and oxygen atoms in total. The monoisotopic (exact) mass is 1440 g/mol. The number of benzene rings is 5. The molecule has 0 saturated heterocycles. The van der Waals surface area contributed by atoms with E-state index in [0.717, 1.165) is 12.8 Å². The zero-order chi connectivity index (χ0) is 67.6. The van der Waals surface area contributed by atoms with Crippen LogP contribution in [0.15, 0.2) is 103 Å². The van der Waals surface area contributed by atoms with Crippen molar-refractivity contribution in [3.05, 3.63) is 164 Å². The zero-order valence-electron chi connectivity index (χ0n) is 53.3. The normalized spacial score (nSPS) is 10.8. The first-order valence-corrected chi connectivity index (χ1v) is 29.5. The van der Waals surface area contributed by atoms with Crippen LogP contribution in [0.5, 0.6) is 0 Å². The average Bonchev–Trinajstić information content (AvgIpc) is 1.67. The van der Waals surface area contributed by atoms with E-state index in [1.54, 1.807) is 78.9 Å². The van der Waals surface area contributed by atoms with Gasteiger partial charge in [0.25, 0.3) is 18.3 Å². The van der Waals surface area contributed by atoms with E-state index in [2.05, 4.69) is 38.0 Å². The number of rotatable bonds is 24. The van der Waals surface area contributed by atoms with Gasteiger partial charge in [0.15, 0.2) is 11.4 Å². The quantitative estimate of drug-likeness (QED) is 0.0150. The number of para-hydroxylation sites is 2. The topological polar surface area (TPSA) is 342 Å². The molecule has 0 unspecified atom stereocenters. The minimum absolute atomic E-state index is 0. The van der Waals surface area contributed by atoms with Gasteiger partial charge in [-0.1, -0.05) is 143 Å². The van der Waals surface area contributed by atoms with Crippen molar-refractivity contribution in [1.29, 1.82) is 0 Å². The fraction of sp³-hybridized carbons (Fsp3) is 0.365. The second kappa shape index (κ2) is 50.5. The fourth-order valence-electron chi connectivity index (χ4n) is 7.44. The van der Waals surface area contributed by atoms with Crippen LogP contribution >= 0.6 is 46.4 Å². The van der Waals surface area contributed by atoms with E-state index in [-0.39, 0.29) is 233 Å². The second-order valence-electron chi connectivity index (χ2n) is 19.6. The van der Waals surface area contributed by atoms with Crippen LogP contribution in [0.25, 0.3) is 21.8 Å². The molecule has 0 fully saturated rings. The Balaban J connectivity index is -0.000000575. The van der Waals surface area contributed by atoms with Gasteiger partial charge in [-0.3, -0.25) is 47.7 Å². The molecule has 5 aromatic carbocycles. The van der Waals surface area contributed by atoms with E-state index in [1.807, 2.05) is 34.6 Å². The van der Waals surface area contributed by atoms with Crippen molar-refractivity contribution in [2.24, 2.45) is 17.2 Å². The van der Waals surface area contributed by atoms with Crippen LogP contribution in [0.1, 0.15) is 121 Å². The molecule has 3 atom stereocenters. The Bertz CT molecular complexity index is 3530. The molecule has 0 aliphatic rings. The maximum absolute atomic E-state index is 14.1. The number of halogens is 7. The third-order valence-corrected chi connectivity index (χ3v) is 14.1. The Kier molecular flexibility index (Phi) is 50.1. The second-order valence-corrected chi connectivity index (χ2v) is 21.1. The first-order valence-electron chi connectivity index (χ1n) is 27.8. The number of amides is 5. The molecule has 0 saturated carbocycles. The molecule has 0 aliphatic heterocycles. The Hall–Kier alpha value is -4.90. The van der Waals surface area contributed by atoms with Gasteiger partial charge < -0.3 is 54.7 Å². The van der Waals surface area contributed by atoms with Crippen LogP contribution in [0.4, 0.5) is 13.2 Å². The molecular weight excluding hydrogens is 1360 g/mol. The predicted octanol–water partition coefficient (Wildman–Crippen LogP) is 3.37. The summed E-state index contributed by atoms with van der Waals surface area (Å²) in [5.74, 6) is -4.96. The van der Waals surface area contributed by atoms with Crippen LogP contribution in [0, 0.1) is 17.5 Å². The summed E-state index contributed by atoms with van der Waals surface area (Å²) in [6.07, 6.45) is 3.25. The minimum Gasteiger partial charge on any atom is -1.00 e. The number of fused-ring (bicyclic) bond motifs is 2. The third-order valence-electron chi connectivity index (χ3n) is 12.9. The smallest absolute Gasteiger partial charge is 1.00 e. The fourth-order valence-corrected chi connectivity index (χ4v) is 8.16. The number of nitrogens with one attached hydrogen (secondary N) is 3. The van der Waals surface area contributed by atoms with Gasteiger partial charge in [-0.25, -0.2) is 13.2 Å². The third kappa shape index (κ3) is 32.9. The summed E-state index contributed by atoms with van der Waals surface area (Å²) in [5.41, 5.74) is 18.3. The van der Waals surface area contributed by atoms with Gasteiger partial charge in [-0.2, -0.15) is 10.2 Å². The molecule has 5 amide bonds. The SMILES string of the molecule is C.C.CC[C@H](C)N.CC[C@H](C)N(CC(=O)NCc1cccc(Cl)c1F)C(=O)Cn1nc(C(N)=O)c2ccccc21.CC[C@H](C)NCC(=O)NCc1cccc(Cl)c1F.NC(=O)c1nn(CC(=O)O)c2ccccc12.O=C(CCl)CCc1cccc(Cl)c1F.O=CO[O-].[H-].[K+].[K+]. The van der Waals surface area contributed by atoms with Gasteiger partial charge in [0, 0.05) is 59.5 Å². The van der Waals surface area contributed by atoms with Crippen LogP contribution < -0.4 is 141 Å². The molecule has 0 bridgehead atoms. The Morgan fingerprint density at radius 2 is 1.07 bits per heavy atom. The number of nitrogens with zero attached hydrogens (tertiary/aromatic N) is 5. The van der Waals surface area contributed by atoms with Gasteiger partial charge in [0.05, 0.1) is 45.1 Å². The summed E-state index contributed by atoms with van der Waals surface area (Å²) in [7, 11) is 0. The van der Waals surface area contributed by atoms with Crippen molar-refractivity contribution in [3.63, 3.8) is 0 Å². The molecule has 31 heteroatoms. The minimum atomic E-state index is -1.02. The van der Waals surface area contributed by atoms with Crippen molar-refractivity contribution in [3.8, 4) is 0 Å². The van der Waals surface area contributed by atoms with Gasteiger partial charge >= 0.3 is 109 Å². The number of aliphatic carboxylic acids is 1. The van der Waals surface area contributed by atoms with Crippen molar-refractivity contribution in [1.82, 2.24) is 40.4 Å². The summed E-state index contributed by atoms with van der Waals surface area (Å²) in [4.78, 5) is 94.3. The Morgan fingerprint density at radius 3 is 1.46 bits per heavy atom. The number of aryl methyl sites for hydroxylation is 1. The average molecular weight is 1450 g/mol. The number of carboxylic acids is 1. The van der Waals surface area contributed by atoms with Crippen molar-refractivity contribution in [2.75, 3.05) is 19.0 Å². The molecule has 7 rings (SSSR count). The van der Waals surface area contributed by atoms with E-state index in [4.69, 9.17) is 78.8 Å². The van der Waals surface area contributed by atoms with Crippen molar-refractivity contribution in [2.45, 2.75) is 133 Å². The Labute approximate surface area is 652 Å². The largest absolute Gasteiger partial charge is 1.00 e. The molecule has 0 spiro atoms. The molecule has 0 aliphatic carbocycles. The number of carboxylic acid groups (broad SMARTS) is 1. The summed E-state index contributed by atoms with van der Waals surface area (Å²) >= 11 is 22.3. The Morgan fingerprint density at radius 1 is 0.670 bits per heavy atom. The molecule has 10 N–H and O–H groups in total. The maximum Gasteiger partial charge on any atom is 1.00 e. The standard InChI is InChI=1S/C23H25ClFN5O3.C13H18ClFN2O.C10H9Cl2FO.C10H9N3O3.C4H11N.CH2O3.2CH4.2K.H/c1-3-14(2)29(12-19(31)27-11-15-7-6-9-17(24)21(15)25)20(32)13-30-18-10-5-4-8-16(18)22(28-30)23(26)33;1-3-9(2)16-8-12(18)17-7-10-5-4-6-11(14)13(10)15;11-6-8(14)5-4-7-2-1-3-9(12)10(7)13;11-10(16)9-6-3-1-2-4-7(6)13(12-9)5-8(14)15;1-3-4(2)5;2-1-4-3;;;;;/h4-10,14H,3,11-13H2,1-2H3,(H2,26,33)(H,27,31);4-6,9,16H,3,7-8H2,1-2H3,(H,17,18);1-3H,4-6H2;1-4H,5H2,(H2,11,16)(H,14,15);4H,3,5H2,1-2H3;1,3H;2*1H4;;;/q;;;;;;;;2*+1;-1/p-1/t14-;9-;;;4-;;;;;;/m00..0....../s1. The number of nitrogens with two attached hydrogens (primary N) is 3. The summed E-state index contributed by atoms with van der Waals surface area (Å²) in [6.45, 7) is 11.3. The molecule has 506 valence electrons. The summed E-state index contributed by atoms with van der Waals surface area (Å²) < 4.78 is 43.5. The number of hydrogen-bond donors (Lipinski definition) is 7. The predicted molar refractivity (Wildman–Crippen MR) is 351 cm³/mol. The van der Waals surface area contributed by atoms with Crippen LogP contribution in [0.3, 0.4) is 0 Å². The molecule has 2 heterocycles. The first kappa shape index (κ1) is 93.3. The zero-order valence-corrected chi connectivity index (χ0v) is 61.5. The van der Waals surface area contributed by atoms with Gasteiger partial charge in [0.2, 0.25) is 17.7 Å². The number of hydrogen-bond acceptors (Lipinski definition) is 14. The summed E-state index contributed by atoms with van der Waals surface area (Å²) in [5, 5.41) is 34.8. The van der Waals surface area contributed by atoms with Gasteiger partial charge in [-0.15, -0.1) is 11.6 Å². The van der Waals surface area contributed by atoms with E-state index in [0.29, 0.717) is 57.9 Å². The van der Waals surface area contributed by atoms with Gasteiger partial charge in [-0.05, 0) is 82.3 Å². The number of aromatic nitrogens is 4. The van der Waals surface area contributed by atoms with Crippen LogP contribution in [-0.4, -0.2) is 114 Å². The van der Waals surface area contributed by atoms with Crippen LogP contribution in [-0.2, 0) is 66.3 Å². The first-order chi connectivity index (χ1) is 42.7. The number of carbonyl (C=O) groups is 8. The number of Topliss-reactive ketones (excluding diaryl/α,β-unsaturated/α-hetero) is 1. The molecule has 2 aromatic heterocycles. The summed E-state index contributed by atoms with van der Waals surface area (Å²) in [6, 6.07) is 28.3. The van der Waals surface area contributed by atoms with E-state index in [9.17, 15) is 46.7 Å². The van der Waals surface area contributed by atoms with Gasteiger partial charge in [0.1, 0.15) is 36.3 Å².